The number of hydrogen-bond acceptors (Lipinski definition) is 4. The Labute approximate surface area is 155 Å². The number of pyridine rings is 1. The fraction of sp³-hybridized carbons (Fsp3) is 0.0500. The maximum atomic E-state index is 13.2. The van der Waals surface area contributed by atoms with Gasteiger partial charge in [-0.3, -0.25) is 9.59 Å². The number of anilines is 4. The van der Waals surface area contributed by atoms with Gasteiger partial charge in [-0.15, -0.1) is 0 Å². The summed E-state index contributed by atoms with van der Waals surface area (Å²) in [5.41, 5.74) is 2.19. The zero-order valence-electron chi connectivity index (χ0n) is 14.5. The number of benzene rings is 2. The number of aromatic nitrogens is 1. The molecule has 0 saturated heterocycles. The van der Waals surface area contributed by atoms with Crippen LogP contribution in [0.3, 0.4) is 0 Å². The van der Waals surface area contributed by atoms with E-state index in [1.807, 2.05) is 0 Å². The second kappa shape index (κ2) is 8.09. The van der Waals surface area contributed by atoms with Crippen molar-refractivity contribution in [3.8, 4) is 0 Å². The van der Waals surface area contributed by atoms with E-state index in [0.717, 1.165) is 5.69 Å². The quantitative estimate of drug-likeness (QED) is 0.634. The van der Waals surface area contributed by atoms with Gasteiger partial charge in [-0.1, -0.05) is 6.07 Å². The normalized spacial score (nSPS) is 10.1. The van der Waals surface area contributed by atoms with Crippen molar-refractivity contribution >= 4 is 34.7 Å². The number of nitrogens with one attached hydrogen (secondary N) is 3. The first kappa shape index (κ1) is 18.1. The van der Waals surface area contributed by atoms with Crippen LogP contribution in [0, 0.1) is 5.82 Å². The minimum Gasteiger partial charge on any atom is -0.340 e. The summed E-state index contributed by atoms with van der Waals surface area (Å²) in [4.78, 5) is 27.6. The number of carbonyl (C=O) groups excluding carboxylic acids is 2. The van der Waals surface area contributed by atoms with Gasteiger partial charge in [-0.05, 0) is 54.6 Å². The van der Waals surface area contributed by atoms with Gasteiger partial charge in [0.15, 0.2) is 0 Å². The largest absolute Gasteiger partial charge is 0.340 e. The van der Waals surface area contributed by atoms with Crippen LogP contribution in [0.2, 0.25) is 0 Å². The minimum atomic E-state index is -0.424. The zero-order chi connectivity index (χ0) is 19.2. The average Bonchev–Trinajstić information content (AvgIpc) is 2.63. The Kier molecular flexibility index (Phi) is 5.41. The number of amides is 2. The third kappa shape index (κ3) is 5.12. The Morgan fingerprint density at radius 3 is 2.33 bits per heavy atom. The van der Waals surface area contributed by atoms with Crippen molar-refractivity contribution in [3.05, 3.63) is 78.2 Å². The summed E-state index contributed by atoms with van der Waals surface area (Å²) in [6.07, 6.45) is 1.51. The second-order valence-electron chi connectivity index (χ2n) is 5.78. The van der Waals surface area contributed by atoms with Gasteiger partial charge >= 0.3 is 0 Å². The van der Waals surface area contributed by atoms with E-state index >= 15 is 0 Å². The number of rotatable bonds is 5. The van der Waals surface area contributed by atoms with Crippen LogP contribution in [-0.4, -0.2) is 16.8 Å². The van der Waals surface area contributed by atoms with Crippen LogP contribution in [0.15, 0.2) is 66.9 Å². The fourth-order valence-corrected chi connectivity index (χ4v) is 2.40. The highest BCUT2D eigenvalue weighted by molar-refractivity contribution is 6.04. The van der Waals surface area contributed by atoms with Crippen LogP contribution in [0.5, 0.6) is 0 Å². The summed E-state index contributed by atoms with van der Waals surface area (Å²) in [7, 11) is 0. The molecule has 0 fully saturated rings. The van der Waals surface area contributed by atoms with Gasteiger partial charge in [0.2, 0.25) is 5.91 Å². The molecule has 3 N–H and O–H groups in total. The molecule has 0 bridgehead atoms. The van der Waals surface area contributed by atoms with Crippen LogP contribution < -0.4 is 16.0 Å². The SMILES string of the molecule is CC(=O)Nc1ccc(Nc2cc(C(=O)Nc3cccc(F)c3)ccn2)cc1. The Morgan fingerprint density at radius 1 is 0.889 bits per heavy atom. The summed E-state index contributed by atoms with van der Waals surface area (Å²) in [6, 6.07) is 15.9. The van der Waals surface area contributed by atoms with Crippen molar-refractivity contribution in [1.82, 2.24) is 4.98 Å². The topological polar surface area (TPSA) is 83.1 Å². The van der Waals surface area contributed by atoms with Gasteiger partial charge in [0.1, 0.15) is 11.6 Å². The van der Waals surface area contributed by atoms with E-state index in [-0.39, 0.29) is 11.8 Å². The molecule has 27 heavy (non-hydrogen) atoms. The predicted octanol–water partition coefficient (Wildman–Crippen LogP) is 4.18. The van der Waals surface area contributed by atoms with Crippen molar-refractivity contribution in [3.63, 3.8) is 0 Å². The molecule has 0 atom stereocenters. The highest BCUT2D eigenvalue weighted by Gasteiger charge is 2.08. The molecule has 1 aromatic heterocycles. The lowest BCUT2D eigenvalue weighted by Crippen LogP contribution is -2.12. The lowest BCUT2D eigenvalue weighted by Gasteiger charge is -2.09. The molecule has 0 radical (unpaired) electrons. The molecule has 0 spiro atoms. The van der Waals surface area contributed by atoms with Crippen LogP contribution in [-0.2, 0) is 4.79 Å². The van der Waals surface area contributed by atoms with Crippen molar-refractivity contribution in [2.24, 2.45) is 0 Å². The van der Waals surface area contributed by atoms with Crippen molar-refractivity contribution in [2.45, 2.75) is 6.92 Å². The molecule has 0 aliphatic heterocycles. The molecule has 6 nitrogen and oxygen atoms in total. The Bertz CT molecular complexity index is 974. The Balaban J connectivity index is 1.69. The predicted molar refractivity (Wildman–Crippen MR) is 103 cm³/mol. The number of nitrogens with zero attached hydrogens (tertiary/aromatic N) is 1. The number of halogens is 1. The van der Waals surface area contributed by atoms with Gasteiger partial charge in [0.05, 0.1) is 0 Å². The highest BCUT2D eigenvalue weighted by atomic mass is 19.1. The van der Waals surface area contributed by atoms with E-state index in [1.165, 1.54) is 31.3 Å². The van der Waals surface area contributed by atoms with Crippen LogP contribution in [0.4, 0.5) is 27.3 Å². The summed E-state index contributed by atoms with van der Waals surface area (Å²) < 4.78 is 13.2. The second-order valence-corrected chi connectivity index (χ2v) is 5.78. The van der Waals surface area contributed by atoms with Crippen molar-refractivity contribution in [1.29, 1.82) is 0 Å². The molecule has 0 aliphatic rings. The minimum absolute atomic E-state index is 0.144. The van der Waals surface area contributed by atoms with Gasteiger partial charge in [0, 0.05) is 35.7 Å². The van der Waals surface area contributed by atoms with E-state index in [2.05, 4.69) is 20.9 Å². The number of carbonyl (C=O) groups is 2. The first-order valence-electron chi connectivity index (χ1n) is 8.17. The van der Waals surface area contributed by atoms with Crippen molar-refractivity contribution < 1.29 is 14.0 Å². The molecule has 1 heterocycles. The van der Waals surface area contributed by atoms with Gasteiger partial charge in [-0.25, -0.2) is 9.37 Å². The molecular weight excluding hydrogens is 347 g/mol. The average molecular weight is 364 g/mol. The van der Waals surface area contributed by atoms with E-state index in [4.69, 9.17) is 0 Å². The van der Waals surface area contributed by atoms with Gasteiger partial charge < -0.3 is 16.0 Å². The molecule has 0 unspecified atom stereocenters. The van der Waals surface area contributed by atoms with E-state index in [0.29, 0.717) is 22.8 Å². The molecule has 3 aromatic rings. The molecule has 2 amide bonds. The summed E-state index contributed by atoms with van der Waals surface area (Å²) >= 11 is 0. The molecule has 2 aromatic carbocycles. The summed E-state index contributed by atoms with van der Waals surface area (Å²) in [5, 5.41) is 8.42. The smallest absolute Gasteiger partial charge is 0.255 e. The van der Waals surface area contributed by atoms with E-state index in [1.54, 1.807) is 42.5 Å². The third-order valence-electron chi connectivity index (χ3n) is 3.58. The van der Waals surface area contributed by atoms with Crippen LogP contribution >= 0.6 is 0 Å². The third-order valence-corrected chi connectivity index (χ3v) is 3.58. The van der Waals surface area contributed by atoms with Crippen LogP contribution in [0.1, 0.15) is 17.3 Å². The molecule has 3 rings (SSSR count). The van der Waals surface area contributed by atoms with E-state index < -0.39 is 5.82 Å². The lowest BCUT2D eigenvalue weighted by molar-refractivity contribution is -0.114. The molecule has 7 heteroatoms. The van der Waals surface area contributed by atoms with Crippen LogP contribution in [0.25, 0.3) is 0 Å². The zero-order valence-corrected chi connectivity index (χ0v) is 14.5. The molecule has 0 aliphatic carbocycles. The molecule has 0 saturated carbocycles. The molecular formula is C20H17FN4O2. The van der Waals surface area contributed by atoms with Gasteiger partial charge in [-0.2, -0.15) is 0 Å². The lowest BCUT2D eigenvalue weighted by atomic mass is 10.2. The fourth-order valence-electron chi connectivity index (χ4n) is 2.40. The summed E-state index contributed by atoms with van der Waals surface area (Å²) in [5.74, 6) is -0.455. The molecule has 136 valence electrons. The van der Waals surface area contributed by atoms with Gasteiger partial charge in [0.25, 0.3) is 5.91 Å². The maximum Gasteiger partial charge on any atom is 0.255 e. The first-order chi connectivity index (χ1) is 13.0. The first-order valence-corrected chi connectivity index (χ1v) is 8.17. The van der Waals surface area contributed by atoms with Crippen molar-refractivity contribution in [2.75, 3.05) is 16.0 Å². The standard InChI is InChI=1S/C20H17FN4O2/c1-13(26)23-16-5-7-17(8-6-16)24-19-11-14(9-10-22-19)20(27)25-18-4-2-3-15(21)12-18/h2-12H,1H3,(H,22,24)(H,23,26)(H,25,27). The Hall–Kier alpha value is -3.74. The monoisotopic (exact) mass is 364 g/mol. The Morgan fingerprint density at radius 2 is 1.63 bits per heavy atom. The summed E-state index contributed by atoms with van der Waals surface area (Å²) in [6.45, 7) is 1.44. The maximum absolute atomic E-state index is 13.2. The highest BCUT2D eigenvalue weighted by Crippen LogP contribution is 2.19. The van der Waals surface area contributed by atoms with E-state index in [9.17, 15) is 14.0 Å². The number of hydrogen-bond donors (Lipinski definition) is 3.